The van der Waals surface area contributed by atoms with E-state index in [9.17, 15) is 155 Å². The summed E-state index contributed by atoms with van der Waals surface area (Å²) >= 11 is 0. The molecule has 0 amide bonds. The number of ether oxygens (including phenoxy) is 9. The number of carboxylic acid groups (broad SMARTS) is 2. The van der Waals surface area contributed by atoms with E-state index in [0.717, 1.165) is 9.44 Å². The Bertz CT molecular complexity index is 3470. The van der Waals surface area contributed by atoms with Crippen LogP contribution in [0.1, 0.15) is 0 Å². The van der Waals surface area contributed by atoms with E-state index >= 15 is 0 Å². The zero-order valence-electron chi connectivity index (χ0n) is 43.0. The molecule has 0 bridgehead atoms. The molecule has 25 atom stereocenters. The average molecular weight is 1490 g/mol. The van der Waals surface area contributed by atoms with Gasteiger partial charge in [-0.2, -0.15) is 81.5 Å². The van der Waals surface area contributed by atoms with Gasteiger partial charge in [-0.3, -0.25) is 36.4 Å². The molecule has 60 heteroatoms. The van der Waals surface area contributed by atoms with E-state index in [4.69, 9.17) is 47.2 Å². The maximum atomic E-state index is 12.9. The smallest absolute Gasteiger partial charge is 0.397 e. The standard InChI is InChI=1S/C30H51N3O49S8/c34-10-4(1-69-86(54,55)56)73-27(7(11(10)35)31-83(45,46)47)77-20-12(36)14(38)30(79-22(20)24(40)41)76-17-6(3-71-88(60,61)62)74-28(9(33-85(51,52)53)19(17)82-90(66,67)68)78-21-13(37)15(39)29(80-23(21)25(42)43)75-16-5(2-70-87(57,58)59)72-26(44)8(32-84(48,49)50)18(16)81-89(63,64)65/h4-23,26-39,44H,1-3H2,(H,40,41)(H,42,43)(H,45,46,47)(H,48,49,50)(H,51,52,53)(H,54,55,56)(H,57,58,59)(H,60,61,62)(H,63,64,65)(H,66,67,68)/t4-,5-,6-,7-,8-,9-,10-,11-,12-,13-,14-,15-,16-,17-,18-,19-,20+,21+,22+,23-,26+,27-,28-,29-,30-/m1/s1. The van der Waals surface area contributed by atoms with Crippen LogP contribution in [0.2, 0.25) is 0 Å². The topological polar surface area (TPSA) is 816 Å². The lowest BCUT2D eigenvalue weighted by atomic mass is 9.94. The predicted octanol–water partition coefficient (Wildman–Crippen LogP) is -14.4. The fourth-order valence-electron chi connectivity index (χ4n) is 8.80. The van der Waals surface area contributed by atoms with Gasteiger partial charge in [0.05, 0.1) is 19.8 Å². The van der Waals surface area contributed by atoms with Gasteiger partial charge in [0.25, 0.3) is 0 Å². The van der Waals surface area contributed by atoms with E-state index in [-0.39, 0.29) is 0 Å². The van der Waals surface area contributed by atoms with E-state index in [1.54, 1.807) is 0 Å². The monoisotopic (exact) mass is 1490 g/mol. The summed E-state index contributed by atoms with van der Waals surface area (Å²) in [5.41, 5.74) is 0. The molecule has 52 nitrogen and oxygen atoms in total. The second kappa shape index (κ2) is 29.3. The minimum atomic E-state index is -6.32. The number of aliphatic carboxylic acids is 2. The molecule has 5 aliphatic rings. The summed E-state index contributed by atoms with van der Waals surface area (Å²) < 4.78 is 339. The van der Waals surface area contributed by atoms with Gasteiger partial charge in [-0.1, -0.05) is 0 Å². The molecule has 0 aromatic carbocycles. The highest BCUT2D eigenvalue weighted by Crippen LogP contribution is 2.38. The third-order valence-corrected chi connectivity index (χ3v) is 16.2. The van der Waals surface area contributed by atoms with Gasteiger partial charge < -0.3 is 88.6 Å². The Morgan fingerprint density at radius 1 is 0.333 bits per heavy atom. The number of carboxylic acids is 2. The number of hydrogen-bond donors (Lipinski definition) is 20. The van der Waals surface area contributed by atoms with Crippen LogP contribution in [0.3, 0.4) is 0 Å². The highest BCUT2D eigenvalue weighted by molar-refractivity contribution is 7.84. The zero-order valence-corrected chi connectivity index (χ0v) is 49.5. The molecule has 5 aliphatic heterocycles. The SMILES string of the molecule is O=C(O)[C@H]1O[C@@H](O[C@H]2[C@H](OS(=O)(=O)O)[C@@H](NS(=O)(=O)O)[C@@H](O[C@H]3[C@H](O)[C@@H](O)[C@H](O[C@H]4[C@H](OS(=O)(=O)O)[C@@H](NS(=O)(=O)O)[C@@H](O)O[C@@H]4COS(=O)(=O)O)O[C@H]3C(=O)O)O[C@@H]2COS(=O)(=O)O)[C@H](O)[C@@H](O)[C@@H]1O[C@H]1O[C@H](COS(=O)(=O)O)[C@@H](O)[C@H](O)[C@H]1NS(=O)(=O)O. The molecule has 528 valence electrons. The van der Waals surface area contributed by atoms with E-state index < -0.39 is 268 Å². The first-order valence-electron chi connectivity index (χ1n) is 23.2. The molecule has 0 aromatic rings. The third kappa shape index (κ3) is 22.4. The molecule has 5 fully saturated rings. The second-order valence-electron chi connectivity index (χ2n) is 18.5. The van der Waals surface area contributed by atoms with Crippen molar-refractivity contribution >= 4 is 94.8 Å². The summed E-state index contributed by atoms with van der Waals surface area (Å²) in [6.07, 6.45) is -64.1. The van der Waals surface area contributed by atoms with Crippen LogP contribution in [0.4, 0.5) is 0 Å². The first-order chi connectivity index (χ1) is 40.6. The third-order valence-electron chi connectivity index (χ3n) is 12.2. The lowest BCUT2D eigenvalue weighted by Crippen LogP contribution is -2.71. The Morgan fingerprint density at radius 2 is 0.644 bits per heavy atom. The minimum Gasteiger partial charge on any atom is -0.479 e. The number of aliphatic hydroxyl groups is 7. The molecular formula is C30H51N3O49S8. The average Bonchev–Trinajstić information content (AvgIpc) is 0.776. The van der Waals surface area contributed by atoms with Gasteiger partial charge in [-0.25, -0.2) is 30.5 Å². The quantitative estimate of drug-likeness (QED) is 0.0309. The van der Waals surface area contributed by atoms with Crippen molar-refractivity contribution < 1.29 is 223 Å². The number of carbonyl (C=O) groups is 2. The number of rotatable bonds is 29. The van der Waals surface area contributed by atoms with Crippen LogP contribution in [-0.4, -0.2) is 335 Å². The first kappa shape index (κ1) is 78.0. The molecule has 5 heterocycles. The van der Waals surface area contributed by atoms with Crippen LogP contribution in [0.5, 0.6) is 0 Å². The first-order valence-corrected chi connectivity index (χ1v) is 34.3. The van der Waals surface area contributed by atoms with Gasteiger partial charge in [-0.05, 0) is 0 Å². The summed E-state index contributed by atoms with van der Waals surface area (Å²) in [7, 11) is -46.6. The Hall–Kier alpha value is -2.74. The second-order valence-corrected chi connectivity index (χ2v) is 27.4. The van der Waals surface area contributed by atoms with Crippen molar-refractivity contribution in [2.24, 2.45) is 0 Å². The van der Waals surface area contributed by atoms with Gasteiger partial charge in [0, 0.05) is 0 Å². The van der Waals surface area contributed by atoms with Crippen LogP contribution in [0, 0.1) is 0 Å². The summed E-state index contributed by atoms with van der Waals surface area (Å²) in [4.78, 5) is 25.7. The van der Waals surface area contributed by atoms with Crippen molar-refractivity contribution in [3.05, 3.63) is 0 Å². The Labute approximate surface area is 502 Å². The van der Waals surface area contributed by atoms with Gasteiger partial charge >= 0.3 is 94.8 Å². The molecule has 90 heavy (non-hydrogen) atoms. The van der Waals surface area contributed by atoms with E-state index in [0.29, 0.717) is 0 Å². The fourth-order valence-corrected chi connectivity index (χ4v) is 12.5. The lowest BCUT2D eigenvalue weighted by Gasteiger charge is -2.50. The van der Waals surface area contributed by atoms with Crippen LogP contribution in [-0.2, 0) is 156 Å². The fraction of sp³-hybridized carbons (Fsp3) is 0.933. The van der Waals surface area contributed by atoms with Gasteiger partial charge in [0.2, 0.25) is 0 Å². The van der Waals surface area contributed by atoms with Crippen molar-refractivity contribution in [2.45, 2.75) is 153 Å². The molecule has 5 saturated heterocycles. The summed E-state index contributed by atoms with van der Waals surface area (Å²) in [6, 6.07) is -8.54. The molecule has 20 N–H and O–H groups in total. The van der Waals surface area contributed by atoms with Crippen molar-refractivity contribution in [2.75, 3.05) is 19.8 Å². The molecule has 0 radical (unpaired) electrons. The Morgan fingerprint density at radius 3 is 1.00 bits per heavy atom. The van der Waals surface area contributed by atoms with Crippen LogP contribution in [0.25, 0.3) is 0 Å². The maximum absolute atomic E-state index is 12.9. The van der Waals surface area contributed by atoms with Crippen molar-refractivity contribution in [1.29, 1.82) is 0 Å². The lowest BCUT2D eigenvalue weighted by molar-refractivity contribution is -0.373. The van der Waals surface area contributed by atoms with E-state index in [1.165, 1.54) is 4.72 Å². The Kier molecular flexibility index (Phi) is 25.4. The van der Waals surface area contributed by atoms with Crippen LogP contribution >= 0.6 is 0 Å². The molecule has 0 aromatic heterocycles. The summed E-state index contributed by atoms with van der Waals surface area (Å²) in [5, 5.41) is 97.9. The highest BCUT2D eigenvalue weighted by atomic mass is 32.3. The zero-order chi connectivity index (χ0) is 68.7. The highest BCUT2D eigenvalue weighted by Gasteiger charge is 2.61. The van der Waals surface area contributed by atoms with E-state index in [2.05, 4.69) is 20.9 Å². The van der Waals surface area contributed by atoms with Crippen molar-refractivity contribution in [3.8, 4) is 0 Å². The normalized spacial score (nSPS) is 38.9. The molecular weight excluding hydrogens is 1440 g/mol. The Balaban J connectivity index is 1.56. The number of hydrogen-bond acceptors (Lipinski definition) is 39. The molecule has 0 aliphatic carbocycles. The molecule has 0 saturated carbocycles. The van der Waals surface area contributed by atoms with Gasteiger partial charge in [0.15, 0.2) is 43.7 Å². The molecule has 0 spiro atoms. The van der Waals surface area contributed by atoms with Crippen LogP contribution < -0.4 is 14.2 Å². The van der Waals surface area contributed by atoms with Gasteiger partial charge in [-0.15, -0.1) is 0 Å². The summed E-state index contributed by atoms with van der Waals surface area (Å²) in [6.45, 7) is -5.18. The maximum Gasteiger partial charge on any atom is 0.397 e. The van der Waals surface area contributed by atoms with Gasteiger partial charge in [0.1, 0.15) is 110 Å². The van der Waals surface area contributed by atoms with Crippen molar-refractivity contribution in [1.82, 2.24) is 14.2 Å². The molecule has 0 unspecified atom stereocenters. The predicted molar refractivity (Wildman–Crippen MR) is 257 cm³/mol. The van der Waals surface area contributed by atoms with E-state index in [1.807, 2.05) is 0 Å². The number of nitrogens with one attached hydrogen (secondary N) is 3. The summed E-state index contributed by atoms with van der Waals surface area (Å²) in [5.74, 6) is -4.88. The largest absolute Gasteiger partial charge is 0.479 e. The van der Waals surface area contributed by atoms with Crippen LogP contribution in [0.15, 0.2) is 0 Å². The number of aliphatic hydroxyl groups excluding tert-OH is 7. The molecule has 5 rings (SSSR count). The van der Waals surface area contributed by atoms with Crippen molar-refractivity contribution in [3.63, 3.8) is 0 Å². The minimum absolute atomic E-state index is 1.12.